The predicted octanol–water partition coefficient (Wildman–Crippen LogP) is 2.54. The summed E-state index contributed by atoms with van der Waals surface area (Å²) in [6.45, 7) is 1.28. The van der Waals surface area contributed by atoms with Crippen LogP contribution >= 0.6 is 0 Å². The summed E-state index contributed by atoms with van der Waals surface area (Å²) >= 11 is 0. The van der Waals surface area contributed by atoms with Crippen molar-refractivity contribution in [2.24, 2.45) is 11.3 Å². The normalized spacial score (nSPS) is 31.6. The Bertz CT molecular complexity index is 238. The molecule has 92 valence electrons. The maximum Gasteiger partial charge on any atom is 0.314 e. The van der Waals surface area contributed by atoms with Crippen LogP contribution in [0.2, 0.25) is 0 Å². The molecular formula is C13H22O3. The molecule has 3 heteroatoms. The fourth-order valence-electron chi connectivity index (χ4n) is 3.17. The van der Waals surface area contributed by atoms with Gasteiger partial charge in [-0.3, -0.25) is 4.79 Å². The zero-order chi connectivity index (χ0) is 11.4. The van der Waals surface area contributed by atoms with Gasteiger partial charge in [0.15, 0.2) is 0 Å². The van der Waals surface area contributed by atoms with E-state index in [1.165, 1.54) is 39.2 Å². The monoisotopic (exact) mass is 226 g/mol. The molecule has 0 aromatic rings. The van der Waals surface area contributed by atoms with E-state index < -0.39 is 0 Å². The van der Waals surface area contributed by atoms with E-state index in [-0.39, 0.29) is 11.4 Å². The minimum Gasteiger partial charge on any atom is -0.469 e. The van der Waals surface area contributed by atoms with Crippen LogP contribution in [0.15, 0.2) is 0 Å². The molecule has 1 saturated carbocycles. The minimum absolute atomic E-state index is 0.0597. The lowest BCUT2D eigenvalue weighted by atomic mass is 9.74. The number of carbonyl (C=O) groups is 1. The summed E-state index contributed by atoms with van der Waals surface area (Å²) in [5, 5.41) is 0. The third-order valence-electron chi connectivity index (χ3n) is 4.13. The van der Waals surface area contributed by atoms with Crippen LogP contribution in [0.4, 0.5) is 0 Å². The van der Waals surface area contributed by atoms with Gasteiger partial charge in [0, 0.05) is 6.61 Å². The Labute approximate surface area is 97.5 Å². The largest absolute Gasteiger partial charge is 0.469 e. The highest BCUT2D eigenvalue weighted by molar-refractivity contribution is 5.77. The highest BCUT2D eigenvalue weighted by Gasteiger charge is 2.44. The summed E-state index contributed by atoms with van der Waals surface area (Å²) < 4.78 is 10.4. The Morgan fingerprint density at radius 3 is 2.69 bits per heavy atom. The molecule has 16 heavy (non-hydrogen) atoms. The molecule has 1 unspecified atom stereocenters. The van der Waals surface area contributed by atoms with Gasteiger partial charge in [-0.15, -0.1) is 0 Å². The van der Waals surface area contributed by atoms with Crippen LogP contribution < -0.4 is 0 Å². The van der Waals surface area contributed by atoms with Crippen LogP contribution in [0, 0.1) is 11.3 Å². The molecule has 2 rings (SSSR count). The van der Waals surface area contributed by atoms with Crippen LogP contribution in [-0.4, -0.2) is 26.3 Å². The molecule has 2 fully saturated rings. The van der Waals surface area contributed by atoms with Crippen LogP contribution in [0.3, 0.4) is 0 Å². The first-order valence-corrected chi connectivity index (χ1v) is 6.43. The quantitative estimate of drug-likeness (QED) is 0.694. The van der Waals surface area contributed by atoms with Crippen LogP contribution in [-0.2, 0) is 14.3 Å². The summed E-state index contributed by atoms with van der Waals surface area (Å²) in [4.78, 5) is 11.9. The van der Waals surface area contributed by atoms with E-state index in [4.69, 9.17) is 9.47 Å². The SMILES string of the molecule is COC(=O)C1(CC2CCCCC2)CCOC1. The Morgan fingerprint density at radius 2 is 2.12 bits per heavy atom. The average molecular weight is 226 g/mol. The fourth-order valence-corrected chi connectivity index (χ4v) is 3.17. The van der Waals surface area contributed by atoms with Crippen molar-refractivity contribution < 1.29 is 14.3 Å². The summed E-state index contributed by atoms with van der Waals surface area (Å²) in [6, 6.07) is 0. The lowest BCUT2D eigenvalue weighted by Crippen LogP contribution is -2.35. The van der Waals surface area contributed by atoms with Crippen LogP contribution in [0.1, 0.15) is 44.9 Å². The molecular weight excluding hydrogens is 204 g/mol. The molecule has 0 amide bonds. The Kier molecular flexibility index (Phi) is 3.85. The molecule has 0 aromatic heterocycles. The summed E-state index contributed by atoms with van der Waals surface area (Å²) in [6.07, 6.45) is 8.37. The van der Waals surface area contributed by atoms with E-state index in [1.54, 1.807) is 0 Å². The molecule has 1 saturated heterocycles. The molecule has 1 atom stereocenters. The van der Waals surface area contributed by atoms with Crippen molar-refractivity contribution in [3.63, 3.8) is 0 Å². The second-order valence-electron chi connectivity index (χ2n) is 5.28. The van der Waals surface area contributed by atoms with E-state index in [2.05, 4.69) is 0 Å². The van der Waals surface area contributed by atoms with Gasteiger partial charge in [-0.2, -0.15) is 0 Å². The number of esters is 1. The zero-order valence-corrected chi connectivity index (χ0v) is 10.2. The molecule has 0 radical (unpaired) electrons. The molecule has 0 N–H and O–H groups in total. The smallest absolute Gasteiger partial charge is 0.314 e. The van der Waals surface area contributed by atoms with E-state index in [9.17, 15) is 4.79 Å². The number of ether oxygens (including phenoxy) is 2. The van der Waals surface area contributed by atoms with Gasteiger partial charge in [0.05, 0.1) is 19.1 Å². The summed E-state index contributed by atoms with van der Waals surface area (Å²) in [7, 11) is 1.49. The molecule has 3 nitrogen and oxygen atoms in total. The Balaban J connectivity index is 1.98. The van der Waals surface area contributed by atoms with Crippen molar-refractivity contribution in [3.8, 4) is 0 Å². The molecule has 1 aliphatic heterocycles. The molecule has 1 aliphatic carbocycles. The van der Waals surface area contributed by atoms with Crippen LogP contribution in [0.5, 0.6) is 0 Å². The first kappa shape index (κ1) is 11.9. The average Bonchev–Trinajstić information content (AvgIpc) is 2.79. The zero-order valence-electron chi connectivity index (χ0n) is 10.2. The van der Waals surface area contributed by atoms with E-state index >= 15 is 0 Å². The molecule has 1 heterocycles. The van der Waals surface area contributed by atoms with Crippen molar-refractivity contribution in [1.29, 1.82) is 0 Å². The van der Waals surface area contributed by atoms with E-state index in [0.29, 0.717) is 19.1 Å². The van der Waals surface area contributed by atoms with Gasteiger partial charge in [-0.05, 0) is 18.8 Å². The van der Waals surface area contributed by atoms with Crippen molar-refractivity contribution in [3.05, 3.63) is 0 Å². The molecule has 2 aliphatic rings. The highest BCUT2D eigenvalue weighted by Crippen LogP contribution is 2.40. The number of methoxy groups -OCH3 is 1. The Morgan fingerprint density at radius 1 is 1.38 bits per heavy atom. The van der Waals surface area contributed by atoms with E-state index in [1.807, 2.05) is 0 Å². The highest BCUT2D eigenvalue weighted by atomic mass is 16.5. The molecule has 0 spiro atoms. The van der Waals surface area contributed by atoms with Crippen molar-refractivity contribution in [2.45, 2.75) is 44.9 Å². The number of hydrogen-bond acceptors (Lipinski definition) is 3. The standard InChI is InChI=1S/C13H22O3/c1-15-12(14)13(7-8-16-10-13)9-11-5-3-2-4-6-11/h11H,2-10H2,1H3. The van der Waals surface area contributed by atoms with Crippen LogP contribution in [0.25, 0.3) is 0 Å². The maximum atomic E-state index is 11.9. The van der Waals surface area contributed by atoms with Gasteiger partial charge in [0.1, 0.15) is 0 Å². The summed E-state index contributed by atoms with van der Waals surface area (Å²) in [5.74, 6) is 0.644. The van der Waals surface area contributed by atoms with Gasteiger partial charge < -0.3 is 9.47 Å². The van der Waals surface area contributed by atoms with Gasteiger partial charge in [-0.1, -0.05) is 32.1 Å². The third kappa shape index (κ3) is 2.40. The second-order valence-corrected chi connectivity index (χ2v) is 5.28. The molecule has 0 aromatic carbocycles. The lowest BCUT2D eigenvalue weighted by Gasteiger charge is -2.31. The van der Waals surface area contributed by atoms with Gasteiger partial charge in [0.25, 0.3) is 0 Å². The number of rotatable bonds is 3. The van der Waals surface area contributed by atoms with Gasteiger partial charge >= 0.3 is 5.97 Å². The van der Waals surface area contributed by atoms with Crippen molar-refractivity contribution >= 4 is 5.97 Å². The van der Waals surface area contributed by atoms with Crippen molar-refractivity contribution in [1.82, 2.24) is 0 Å². The maximum absolute atomic E-state index is 11.9. The van der Waals surface area contributed by atoms with Crippen molar-refractivity contribution in [2.75, 3.05) is 20.3 Å². The Hall–Kier alpha value is -0.570. The first-order chi connectivity index (χ1) is 7.77. The minimum atomic E-state index is -0.323. The van der Waals surface area contributed by atoms with Gasteiger partial charge in [0.2, 0.25) is 0 Å². The predicted molar refractivity (Wildman–Crippen MR) is 61.1 cm³/mol. The number of hydrogen-bond donors (Lipinski definition) is 0. The van der Waals surface area contributed by atoms with Gasteiger partial charge in [-0.25, -0.2) is 0 Å². The second kappa shape index (κ2) is 5.17. The van der Waals surface area contributed by atoms with E-state index in [0.717, 1.165) is 12.8 Å². The first-order valence-electron chi connectivity index (χ1n) is 6.43. The summed E-state index contributed by atoms with van der Waals surface area (Å²) in [5.41, 5.74) is -0.323. The fraction of sp³-hybridized carbons (Fsp3) is 0.923. The third-order valence-corrected chi connectivity index (χ3v) is 4.13. The molecule has 0 bridgehead atoms. The number of carbonyl (C=O) groups excluding carboxylic acids is 1. The topological polar surface area (TPSA) is 35.5 Å². The lowest BCUT2D eigenvalue weighted by molar-refractivity contribution is -0.154.